The third kappa shape index (κ3) is 6.16. The molecule has 0 saturated heterocycles. The van der Waals surface area contributed by atoms with Crippen LogP contribution in [0, 0.1) is 5.92 Å². The van der Waals surface area contributed by atoms with Crippen molar-refractivity contribution in [3.8, 4) is 0 Å². The molecule has 4 nitrogen and oxygen atoms in total. The number of hydrogen-bond donors (Lipinski definition) is 2. The number of hydrogen-bond acceptors (Lipinski definition) is 3. The second-order valence-electron chi connectivity index (χ2n) is 5.87. The molecule has 21 heavy (non-hydrogen) atoms. The van der Waals surface area contributed by atoms with Crippen molar-refractivity contribution >= 4 is 10.0 Å². The van der Waals surface area contributed by atoms with Gasteiger partial charge in [-0.3, -0.25) is 0 Å². The van der Waals surface area contributed by atoms with Gasteiger partial charge in [0, 0.05) is 12.6 Å². The summed E-state index contributed by atoms with van der Waals surface area (Å²) in [6.07, 6.45) is 3.07. The number of nitrogens with one attached hydrogen (secondary N) is 2. The zero-order valence-corrected chi connectivity index (χ0v) is 14.3. The summed E-state index contributed by atoms with van der Waals surface area (Å²) >= 11 is 0. The van der Waals surface area contributed by atoms with Crippen molar-refractivity contribution in [2.24, 2.45) is 5.92 Å². The van der Waals surface area contributed by atoms with Crippen LogP contribution < -0.4 is 10.0 Å². The van der Waals surface area contributed by atoms with Crippen LogP contribution in [0.15, 0.2) is 29.2 Å². The number of benzene rings is 1. The second kappa shape index (κ2) is 8.51. The zero-order valence-electron chi connectivity index (χ0n) is 13.5. The lowest BCUT2D eigenvalue weighted by Crippen LogP contribution is -2.25. The summed E-state index contributed by atoms with van der Waals surface area (Å²) in [7, 11) is -1.50. The van der Waals surface area contributed by atoms with Crippen LogP contribution in [0.25, 0.3) is 0 Å². The molecule has 0 amide bonds. The Hall–Kier alpha value is -0.910. The van der Waals surface area contributed by atoms with Gasteiger partial charge in [-0.1, -0.05) is 38.8 Å². The van der Waals surface area contributed by atoms with E-state index in [1.165, 1.54) is 0 Å². The fourth-order valence-electron chi connectivity index (χ4n) is 2.07. The molecule has 0 aliphatic rings. The van der Waals surface area contributed by atoms with E-state index in [1.807, 2.05) is 26.1 Å². The van der Waals surface area contributed by atoms with Crippen LogP contribution in [0.3, 0.4) is 0 Å². The first kappa shape index (κ1) is 18.1. The van der Waals surface area contributed by atoms with E-state index in [0.717, 1.165) is 24.8 Å². The van der Waals surface area contributed by atoms with Crippen molar-refractivity contribution in [2.75, 3.05) is 13.6 Å². The molecule has 0 radical (unpaired) electrons. The van der Waals surface area contributed by atoms with Crippen molar-refractivity contribution in [2.45, 2.75) is 51.0 Å². The van der Waals surface area contributed by atoms with Crippen LogP contribution >= 0.6 is 0 Å². The third-order valence-electron chi connectivity index (χ3n) is 3.62. The summed E-state index contributed by atoms with van der Waals surface area (Å²) in [5, 5.41) is 3.13. The third-order valence-corrected chi connectivity index (χ3v) is 5.10. The molecule has 0 saturated carbocycles. The van der Waals surface area contributed by atoms with E-state index in [9.17, 15) is 8.42 Å². The van der Waals surface area contributed by atoms with Crippen molar-refractivity contribution < 1.29 is 8.42 Å². The first-order valence-corrected chi connectivity index (χ1v) is 9.12. The Kier molecular flexibility index (Phi) is 7.35. The molecular formula is C16H28N2O2S. The summed E-state index contributed by atoms with van der Waals surface area (Å²) in [6.45, 7) is 6.90. The Bertz CT molecular complexity index is 510. The van der Waals surface area contributed by atoms with Crippen LogP contribution in [-0.2, 0) is 10.0 Å². The average Bonchev–Trinajstić information content (AvgIpc) is 2.45. The maximum absolute atomic E-state index is 12.2. The molecule has 0 fully saturated rings. The van der Waals surface area contributed by atoms with Crippen LogP contribution in [0.4, 0.5) is 0 Å². The summed E-state index contributed by atoms with van der Waals surface area (Å²) in [5.74, 6) is 0.670. The number of unbranched alkanes of at least 4 members (excludes halogenated alkanes) is 1. The predicted octanol–water partition coefficient (Wildman–Crippen LogP) is 3.07. The molecule has 1 aromatic carbocycles. The average molecular weight is 312 g/mol. The second-order valence-corrected chi connectivity index (χ2v) is 7.63. The van der Waals surface area contributed by atoms with Gasteiger partial charge in [0.15, 0.2) is 0 Å². The molecular weight excluding hydrogens is 284 g/mol. The standard InChI is InChI=1S/C16H28N2O2S/c1-13(2)7-5-6-12-18-21(19,20)16-10-8-15(9-11-16)14(3)17-4/h8-11,13-14,17-18H,5-7,12H2,1-4H3. The Morgan fingerprint density at radius 1 is 1.05 bits per heavy atom. The van der Waals surface area contributed by atoms with E-state index in [-0.39, 0.29) is 6.04 Å². The maximum atomic E-state index is 12.2. The van der Waals surface area contributed by atoms with Gasteiger partial charge < -0.3 is 5.32 Å². The van der Waals surface area contributed by atoms with Gasteiger partial charge in [0.25, 0.3) is 0 Å². The molecule has 120 valence electrons. The van der Waals surface area contributed by atoms with Gasteiger partial charge in [0.2, 0.25) is 10.0 Å². The van der Waals surface area contributed by atoms with Gasteiger partial charge in [-0.15, -0.1) is 0 Å². The first-order chi connectivity index (χ1) is 9.86. The Morgan fingerprint density at radius 3 is 2.19 bits per heavy atom. The smallest absolute Gasteiger partial charge is 0.240 e. The van der Waals surface area contributed by atoms with Crippen molar-refractivity contribution in [3.05, 3.63) is 29.8 Å². The molecule has 0 spiro atoms. The molecule has 1 unspecified atom stereocenters. The van der Waals surface area contributed by atoms with Crippen LogP contribution in [0.1, 0.15) is 51.6 Å². The minimum absolute atomic E-state index is 0.214. The van der Waals surface area contributed by atoms with Gasteiger partial charge in [0.05, 0.1) is 4.90 Å². The minimum atomic E-state index is -3.38. The van der Waals surface area contributed by atoms with Gasteiger partial charge in [0.1, 0.15) is 0 Å². The number of rotatable bonds is 9. The van der Waals surface area contributed by atoms with E-state index in [4.69, 9.17) is 0 Å². The Morgan fingerprint density at radius 2 is 1.67 bits per heavy atom. The highest BCUT2D eigenvalue weighted by Crippen LogP contribution is 2.16. The zero-order chi connectivity index (χ0) is 15.9. The molecule has 1 aromatic rings. The molecule has 5 heteroatoms. The minimum Gasteiger partial charge on any atom is -0.313 e. The lowest BCUT2D eigenvalue weighted by Gasteiger charge is -2.12. The molecule has 0 bridgehead atoms. The molecule has 0 aliphatic carbocycles. The van der Waals surface area contributed by atoms with Crippen molar-refractivity contribution in [1.82, 2.24) is 10.0 Å². The summed E-state index contributed by atoms with van der Waals surface area (Å²) < 4.78 is 27.0. The highest BCUT2D eigenvalue weighted by atomic mass is 32.2. The fourth-order valence-corrected chi connectivity index (χ4v) is 3.14. The molecule has 1 atom stereocenters. The quantitative estimate of drug-likeness (QED) is 0.689. The van der Waals surface area contributed by atoms with E-state index >= 15 is 0 Å². The summed E-state index contributed by atoms with van der Waals surface area (Å²) in [5.41, 5.74) is 1.08. The topological polar surface area (TPSA) is 58.2 Å². The monoisotopic (exact) mass is 312 g/mol. The molecule has 0 aliphatic heterocycles. The van der Waals surface area contributed by atoms with E-state index < -0.39 is 10.0 Å². The molecule has 2 N–H and O–H groups in total. The SMILES string of the molecule is CNC(C)c1ccc(S(=O)(=O)NCCCCC(C)C)cc1. The molecule has 0 heterocycles. The molecule has 0 aromatic heterocycles. The van der Waals surface area contributed by atoms with E-state index in [0.29, 0.717) is 17.4 Å². The fraction of sp³-hybridized carbons (Fsp3) is 0.625. The maximum Gasteiger partial charge on any atom is 0.240 e. The highest BCUT2D eigenvalue weighted by molar-refractivity contribution is 7.89. The normalized spacial score (nSPS) is 13.6. The summed E-state index contributed by atoms with van der Waals surface area (Å²) in [4.78, 5) is 0.332. The van der Waals surface area contributed by atoms with Crippen LogP contribution in [0.5, 0.6) is 0 Å². The van der Waals surface area contributed by atoms with Crippen LogP contribution in [-0.4, -0.2) is 22.0 Å². The Labute approximate surface area is 129 Å². The van der Waals surface area contributed by atoms with Gasteiger partial charge >= 0.3 is 0 Å². The largest absolute Gasteiger partial charge is 0.313 e. The highest BCUT2D eigenvalue weighted by Gasteiger charge is 2.13. The van der Waals surface area contributed by atoms with E-state index in [1.54, 1.807) is 12.1 Å². The lowest BCUT2D eigenvalue weighted by atomic mass is 10.1. The first-order valence-electron chi connectivity index (χ1n) is 7.63. The van der Waals surface area contributed by atoms with E-state index in [2.05, 4.69) is 23.9 Å². The van der Waals surface area contributed by atoms with Crippen molar-refractivity contribution in [3.63, 3.8) is 0 Å². The lowest BCUT2D eigenvalue weighted by molar-refractivity contribution is 0.530. The summed E-state index contributed by atoms with van der Waals surface area (Å²) in [6, 6.07) is 7.26. The van der Waals surface area contributed by atoms with Gasteiger partial charge in [-0.2, -0.15) is 0 Å². The van der Waals surface area contributed by atoms with Crippen LogP contribution in [0.2, 0.25) is 0 Å². The predicted molar refractivity (Wildman–Crippen MR) is 87.8 cm³/mol. The molecule has 1 rings (SSSR count). The van der Waals surface area contributed by atoms with Gasteiger partial charge in [-0.25, -0.2) is 13.1 Å². The number of sulfonamides is 1. The van der Waals surface area contributed by atoms with Gasteiger partial charge in [-0.05, 0) is 44.0 Å². The van der Waals surface area contributed by atoms with Crippen molar-refractivity contribution in [1.29, 1.82) is 0 Å². The Balaban J connectivity index is 2.54.